The van der Waals surface area contributed by atoms with Crippen molar-refractivity contribution in [2.75, 3.05) is 0 Å². The van der Waals surface area contributed by atoms with Crippen LogP contribution in [0.1, 0.15) is 11.1 Å². The number of rotatable bonds is 1. The Labute approximate surface area is 96.4 Å². The minimum Gasteiger partial charge on any atom is -0.165 e. The van der Waals surface area contributed by atoms with Crippen molar-refractivity contribution in [1.82, 2.24) is 0 Å². The van der Waals surface area contributed by atoms with Gasteiger partial charge in [-0.3, -0.25) is 0 Å². The maximum Gasteiger partial charge on any atom is 0.210 e. The lowest BCUT2D eigenvalue weighted by Gasteiger charge is -2.03. The van der Waals surface area contributed by atoms with E-state index in [1.807, 2.05) is 0 Å². The zero-order valence-electron chi connectivity index (χ0n) is 8.13. The van der Waals surface area contributed by atoms with Gasteiger partial charge < -0.3 is 0 Å². The fraction of sp³-hybridized carbons (Fsp3) is 0.0769. The lowest BCUT2D eigenvalue weighted by molar-refractivity contribution is 1.28. The van der Waals surface area contributed by atoms with E-state index in [-0.39, 0.29) is 0 Å². The molecule has 1 aliphatic carbocycles. The van der Waals surface area contributed by atoms with Crippen molar-refractivity contribution in [3.8, 4) is 11.1 Å². The normalized spacial score (nSPS) is 12.3. The number of benzene rings is 2. The van der Waals surface area contributed by atoms with Crippen molar-refractivity contribution in [3.63, 3.8) is 0 Å². The monoisotopic (exact) mass is 228 g/mol. The van der Waals surface area contributed by atoms with E-state index in [1.165, 1.54) is 27.4 Å². The molecule has 3 rings (SSSR count). The Morgan fingerprint density at radius 3 is 2.60 bits per heavy atom. The van der Waals surface area contributed by atoms with Gasteiger partial charge in [0.25, 0.3) is 0 Å². The number of fused-ring (bicyclic) bond motifs is 3. The molecule has 2 radical (unpaired) electrons. The molecule has 2 aromatic carbocycles. The lowest BCUT2D eigenvalue weighted by atomic mass is 10.1. The summed E-state index contributed by atoms with van der Waals surface area (Å²) in [6.45, 7) is 0. The molecule has 0 heterocycles. The average Bonchev–Trinajstić information content (AvgIpc) is 2.67. The first-order valence-corrected chi connectivity index (χ1v) is 6.98. The summed E-state index contributed by atoms with van der Waals surface area (Å²) in [5.74, 6) is 0. The van der Waals surface area contributed by atoms with Crippen LogP contribution < -0.4 is 5.19 Å². The number of hydrogen-bond donors (Lipinski definition) is 0. The molecule has 15 heavy (non-hydrogen) atoms. The second-order valence-electron chi connectivity index (χ2n) is 3.76. The van der Waals surface area contributed by atoms with Gasteiger partial charge >= 0.3 is 0 Å². The Morgan fingerprint density at radius 2 is 1.73 bits per heavy atom. The van der Waals surface area contributed by atoms with Crippen LogP contribution in [0.25, 0.3) is 11.1 Å². The van der Waals surface area contributed by atoms with Gasteiger partial charge in [-0.05, 0) is 33.9 Å². The highest BCUT2D eigenvalue weighted by atomic mass is 35.6. The summed E-state index contributed by atoms with van der Waals surface area (Å²) in [6.07, 6.45) is 1.04. The van der Waals surface area contributed by atoms with Gasteiger partial charge in [0.2, 0.25) is 8.83 Å². The summed E-state index contributed by atoms with van der Waals surface area (Å²) in [4.78, 5) is 0. The fourth-order valence-corrected chi connectivity index (χ4v) is 3.27. The zero-order chi connectivity index (χ0) is 10.3. The van der Waals surface area contributed by atoms with E-state index in [2.05, 4.69) is 42.5 Å². The third-order valence-electron chi connectivity index (χ3n) is 2.95. The van der Waals surface area contributed by atoms with Crippen molar-refractivity contribution in [3.05, 3.63) is 53.6 Å². The first-order valence-electron chi connectivity index (χ1n) is 4.97. The summed E-state index contributed by atoms with van der Waals surface area (Å²) < 4.78 is 0. The van der Waals surface area contributed by atoms with E-state index < -0.39 is 0 Å². The third-order valence-corrected chi connectivity index (χ3v) is 4.24. The highest BCUT2D eigenvalue weighted by molar-refractivity contribution is 7.01. The Hall–Kier alpha value is -1.05. The van der Waals surface area contributed by atoms with E-state index >= 15 is 0 Å². The highest BCUT2D eigenvalue weighted by Gasteiger charge is 2.19. The summed E-state index contributed by atoms with van der Waals surface area (Å²) in [5, 5.41) is 1.30. The summed E-state index contributed by atoms with van der Waals surface area (Å²) in [5.41, 5.74) is 5.60. The molecule has 0 atom stereocenters. The molecular formula is C13H9ClSi. The Kier molecular flexibility index (Phi) is 2.15. The Bertz CT molecular complexity index is 520. The van der Waals surface area contributed by atoms with Crippen LogP contribution in [0, 0.1) is 0 Å². The molecule has 72 valence electrons. The van der Waals surface area contributed by atoms with Gasteiger partial charge in [-0.15, -0.1) is 0 Å². The van der Waals surface area contributed by atoms with Gasteiger partial charge in [-0.25, -0.2) is 0 Å². The molecule has 1 aliphatic rings. The van der Waals surface area contributed by atoms with Gasteiger partial charge in [0.1, 0.15) is 0 Å². The predicted molar refractivity (Wildman–Crippen MR) is 65.9 cm³/mol. The molecule has 0 bridgehead atoms. The molecule has 0 amide bonds. The first-order chi connectivity index (χ1) is 7.40. The van der Waals surface area contributed by atoms with Gasteiger partial charge in [0.15, 0.2) is 0 Å². The largest absolute Gasteiger partial charge is 0.210 e. The molecule has 2 heteroatoms. The van der Waals surface area contributed by atoms with Crippen LogP contribution in [-0.4, -0.2) is 8.83 Å². The number of hydrogen-bond acceptors (Lipinski definition) is 0. The summed E-state index contributed by atoms with van der Waals surface area (Å²) in [6, 6.07) is 15.0. The molecule has 0 saturated carbocycles. The maximum absolute atomic E-state index is 5.98. The standard InChI is InChI=1S/C13H9ClSi/c14-15-13-7-3-6-11-10-5-2-1-4-9(10)8-12(11)13/h1-7H,8H2. The second-order valence-corrected chi connectivity index (χ2v) is 5.05. The second kappa shape index (κ2) is 3.51. The molecule has 0 nitrogen and oxygen atoms in total. The smallest absolute Gasteiger partial charge is 0.165 e. The van der Waals surface area contributed by atoms with Crippen molar-refractivity contribution in [2.45, 2.75) is 6.42 Å². The van der Waals surface area contributed by atoms with E-state index in [0.717, 1.165) is 6.42 Å². The van der Waals surface area contributed by atoms with Crippen LogP contribution in [0.5, 0.6) is 0 Å². The third kappa shape index (κ3) is 1.35. The van der Waals surface area contributed by atoms with Crippen LogP contribution in [0.2, 0.25) is 0 Å². The van der Waals surface area contributed by atoms with E-state index in [0.29, 0.717) is 8.83 Å². The number of halogens is 1. The van der Waals surface area contributed by atoms with E-state index in [9.17, 15) is 0 Å². The molecule has 0 fully saturated rings. The van der Waals surface area contributed by atoms with Crippen molar-refractivity contribution >= 4 is 25.1 Å². The molecule has 0 aromatic heterocycles. The van der Waals surface area contributed by atoms with E-state index in [4.69, 9.17) is 11.1 Å². The fourth-order valence-electron chi connectivity index (χ4n) is 2.25. The Balaban J connectivity index is 2.26. The van der Waals surface area contributed by atoms with Crippen LogP contribution in [0.3, 0.4) is 0 Å². The molecule has 0 unspecified atom stereocenters. The molecule has 0 spiro atoms. The maximum atomic E-state index is 5.98. The van der Waals surface area contributed by atoms with Gasteiger partial charge in [-0.1, -0.05) is 42.5 Å². The Morgan fingerprint density at radius 1 is 0.933 bits per heavy atom. The molecule has 0 aliphatic heterocycles. The molecular weight excluding hydrogens is 220 g/mol. The van der Waals surface area contributed by atoms with Crippen molar-refractivity contribution in [1.29, 1.82) is 0 Å². The van der Waals surface area contributed by atoms with Crippen LogP contribution >= 0.6 is 11.1 Å². The van der Waals surface area contributed by atoms with Crippen molar-refractivity contribution in [2.24, 2.45) is 0 Å². The predicted octanol–water partition coefficient (Wildman–Crippen LogP) is 2.74. The quantitative estimate of drug-likeness (QED) is 0.444. The minimum absolute atomic E-state index is 0.372. The molecule has 0 saturated heterocycles. The molecule has 0 N–H and O–H groups in total. The average molecular weight is 229 g/mol. The summed E-state index contributed by atoms with van der Waals surface area (Å²) >= 11 is 5.98. The van der Waals surface area contributed by atoms with Crippen LogP contribution in [0.15, 0.2) is 42.5 Å². The van der Waals surface area contributed by atoms with Gasteiger partial charge in [0.05, 0.1) is 0 Å². The summed E-state index contributed by atoms with van der Waals surface area (Å²) in [7, 11) is 0.372. The van der Waals surface area contributed by atoms with Crippen LogP contribution in [0.4, 0.5) is 0 Å². The zero-order valence-corrected chi connectivity index (χ0v) is 9.88. The van der Waals surface area contributed by atoms with Crippen molar-refractivity contribution < 1.29 is 0 Å². The first kappa shape index (κ1) is 9.19. The lowest BCUT2D eigenvalue weighted by Crippen LogP contribution is -2.14. The molecule has 2 aromatic rings. The highest BCUT2D eigenvalue weighted by Crippen LogP contribution is 2.34. The topological polar surface area (TPSA) is 0 Å². The SMILES string of the molecule is Cl[Si]c1cccc2c1Cc1ccccc1-2. The van der Waals surface area contributed by atoms with E-state index in [1.54, 1.807) is 0 Å². The minimum atomic E-state index is 0.372. The van der Waals surface area contributed by atoms with Gasteiger partial charge in [-0.2, -0.15) is 11.1 Å². The van der Waals surface area contributed by atoms with Gasteiger partial charge in [0, 0.05) is 0 Å². The van der Waals surface area contributed by atoms with Crippen LogP contribution in [-0.2, 0) is 6.42 Å².